The van der Waals surface area contributed by atoms with Crippen LogP contribution < -0.4 is 5.32 Å². The van der Waals surface area contributed by atoms with Crippen LogP contribution in [0.2, 0.25) is 5.02 Å². The lowest BCUT2D eigenvalue weighted by atomic mass is 10.2. The lowest BCUT2D eigenvalue weighted by Crippen LogP contribution is -2.03. The Morgan fingerprint density at radius 3 is 2.70 bits per heavy atom. The van der Waals surface area contributed by atoms with Crippen LogP contribution in [0.25, 0.3) is 0 Å². The number of hydrogen-bond donors (Lipinski definition) is 1. The standard InChI is InChI=1S/C14H12BrClN4/c1-8(2)14-19-12(15)6-13(20-14)18-11-5-10(16)4-3-9(11)7-17/h3-6,8H,1-2H3,(H,18,19,20). The minimum Gasteiger partial charge on any atom is -0.339 e. The first-order valence-electron chi connectivity index (χ1n) is 6.00. The molecule has 0 fully saturated rings. The summed E-state index contributed by atoms with van der Waals surface area (Å²) in [6.45, 7) is 4.04. The molecule has 1 heterocycles. The van der Waals surface area contributed by atoms with E-state index in [0.717, 1.165) is 5.82 Å². The summed E-state index contributed by atoms with van der Waals surface area (Å²) in [5.41, 5.74) is 1.13. The number of hydrogen-bond acceptors (Lipinski definition) is 4. The summed E-state index contributed by atoms with van der Waals surface area (Å²) >= 11 is 9.32. The number of halogens is 2. The van der Waals surface area contributed by atoms with Crippen LogP contribution in [0.15, 0.2) is 28.9 Å². The Kier molecular flexibility index (Phi) is 4.58. The zero-order chi connectivity index (χ0) is 14.7. The second-order valence-corrected chi connectivity index (χ2v) is 5.76. The fourth-order valence-corrected chi connectivity index (χ4v) is 2.18. The Hall–Kier alpha value is -1.64. The molecule has 0 atom stereocenters. The van der Waals surface area contributed by atoms with E-state index in [4.69, 9.17) is 16.9 Å². The monoisotopic (exact) mass is 350 g/mol. The summed E-state index contributed by atoms with van der Waals surface area (Å²) in [6, 6.07) is 8.93. The topological polar surface area (TPSA) is 61.6 Å². The normalized spacial score (nSPS) is 10.4. The number of benzene rings is 1. The molecule has 4 nitrogen and oxygen atoms in total. The zero-order valence-corrected chi connectivity index (χ0v) is 13.3. The van der Waals surface area contributed by atoms with Gasteiger partial charge in [-0.15, -0.1) is 0 Å². The van der Waals surface area contributed by atoms with Gasteiger partial charge in [0.2, 0.25) is 0 Å². The van der Waals surface area contributed by atoms with E-state index in [-0.39, 0.29) is 5.92 Å². The molecule has 0 unspecified atom stereocenters. The van der Waals surface area contributed by atoms with Crippen LogP contribution in [0.5, 0.6) is 0 Å². The van der Waals surface area contributed by atoms with Gasteiger partial charge in [0.05, 0.1) is 11.3 Å². The first-order valence-corrected chi connectivity index (χ1v) is 7.18. The lowest BCUT2D eigenvalue weighted by Gasteiger charge is -2.11. The maximum absolute atomic E-state index is 9.11. The van der Waals surface area contributed by atoms with Gasteiger partial charge in [-0.25, -0.2) is 9.97 Å². The van der Waals surface area contributed by atoms with Crippen LogP contribution >= 0.6 is 27.5 Å². The van der Waals surface area contributed by atoms with Crippen molar-refractivity contribution in [2.75, 3.05) is 5.32 Å². The molecular weight excluding hydrogens is 340 g/mol. The molecule has 0 radical (unpaired) electrons. The van der Waals surface area contributed by atoms with Crippen molar-refractivity contribution in [3.05, 3.63) is 45.3 Å². The Labute approximate surface area is 131 Å². The molecule has 20 heavy (non-hydrogen) atoms. The minimum absolute atomic E-state index is 0.211. The predicted octanol–water partition coefficient (Wildman–Crippen LogP) is 4.63. The summed E-state index contributed by atoms with van der Waals surface area (Å²) < 4.78 is 0.694. The van der Waals surface area contributed by atoms with E-state index in [1.807, 2.05) is 13.8 Å². The zero-order valence-electron chi connectivity index (χ0n) is 11.0. The van der Waals surface area contributed by atoms with Crippen molar-refractivity contribution in [2.45, 2.75) is 19.8 Å². The van der Waals surface area contributed by atoms with Crippen LogP contribution in [0.3, 0.4) is 0 Å². The molecule has 2 rings (SSSR count). The van der Waals surface area contributed by atoms with Crippen LogP contribution in [0.4, 0.5) is 11.5 Å². The molecule has 0 aliphatic rings. The second kappa shape index (κ2) is 6.21. The third kappa shape index (κ3) is 3.47. The Balaban J connectivity index is 2.40. The van der Waals surface area contributed by atoms with Crippen LogP contribution in [-0.4, -0.2) is 9.97 Å². The lowest BCUT2D eigenvalue weighted by molar-refractivity contribution is 0.771. The molecule has 0 saturated heterocycles. The van der Waals surface area contributed by atoms with E-state index in [2.05, 4.69) is 37.3 Å². The first-order chi connectivity index (χ1) is 9.49. The van der Waals surface area contributed by atoms with Gasteiger partial charge >= 0.3 is 0 Å². The molecule has 0 bridgehead atoms. The Morgan fingerprint density at radius 2 is 2.05 bits per heavy atom. The first kappa shape index (κ1) is 14.8. The molecule has 6 heteroatoms. The number of nitrogens with one attached hydrogen (secondary N) is 1. The van der Waals surface area contributed by atoms with Crippen molar-refractivity contribution >= 4 is 39.0 Å². The van der Waals surface area contributed by atoms with Crippen LogP contribution in [0, 0.1) is 11.3 Å². The third-order valence-corrected chi connectivity index (χ3v) is 3.23. The van der Waals surface area contributed by atoms with Crippen molar-refractivity contribution in [3.8, 4) is 6.07 Å². The van der Waals surface area contributed by atoms with Crippen molar-refractivity contribution in [1.29, 1.82) is 5.26 Å². The van der Waals surface area contributed by atoms with Gasteiger partial charge in [0, 0.05) is 17.0 Å². The highest BCUT2D eigenvalue weighted by Gasteiger charge is 2.09. The average molecular weight is 352 g/mol. The van der Waals surface area contributed by atoms with Gasteiger partial charge < -0.3 is 5.32 Å². The van der Waals surface area contributed by atoms with Gasteiger partial charge in [0.15, 0.2) is 0 Å². The maximum Gasteiger partial charge on any atom is 0.135 e. The summed E-state index contributed by atoms with van der Waals surface area (Å²) in [5.74, 6) is 1.56. The molecule has 0 aliphatic heterocycles. The van der Waals surface area contributed by atoms with Crippen molar-refractivity contribution in [2.24, 2.45) is 0 Å². The van der Waals surface area contributed by atoms with Crippen molar-refractivity contribution in [3.63, 3.8) is 0 Å². The van der Waals surface area contributed by atoms with E-state index in [1.165, 1.54) is 0 Å². The second-order valence-electron chi connectivity index (χ2n) is 4.52. The molecular formula is C14H12BrClN4. The molecule has 1 N–H and O–H groups in total. The molecule has 2 aromatic rings. The highest BCUT2D eigenvalue weighted by molar-refractivity contribution is 9.10. The summed E-state index contributed by atoms with van der Waals surface area (Å²) in [6.07, 6.45) is 0. The molecule has 0 aliphatic carbocycles. The van der Waals surface area contributed by atoms with E-state index in [1.54, 1.807) is 24.3 Å². The van der Waals surface area contributed by atoms with Gasteiger partial charge in [-0.05, 0) is 34.1 Å². The third-order valence-electron chi connectivity index (χ3n) is 2.59. The summed E-state index contributed by atoms with van der Waals surface area (Å²) in [4.78, 5) is 8.74. The van der Waals surface area contributed by atoms with Gasteiger partial charge in [0.1, 0.15) is 22.3 Å². The molecule has 0 spiro atoms. The highest BCUT2D eigenvalue weighted by atomic mass is 79.9. The number of aromatic nitrogens is 2. The number of nitrogens with zero attached hydrogens (tertiary/aromatic N) is 3. The van der Waals surface area contributed by atoms with Gasteiger partial charge in [-0.2, -0.15) is 5.26 Å². The van der Waals surface area contributed by atoms with Gasteiger partial charge in [-0.1, -0.05) is 25.4 Å². The summed E-state index contributed by atoms with van der Waals surface area (Å²) in [7, 11) is 0. The highest BCUT2D eigenvalue weighted by Crippen LogP contribution is 2.25. The smallest absolute Gasteiger partial charge is 0.135 e. The summed E-state index contributed by atoms with van der Waals surface area (Å²) in [5, 5.41) is 12.8. The number of rotatable bonds is 3. The van der Waals surface area contributed by atoms with Crippen LogP contribution in [0.1, 0.15) is 31.2 Å². The van der Waals surface area contributed by atoms with Gasteiger partial charge in [-0.3, -0.25) is 0 Å². The maximum atomic E-state index is 9.11. The van der Waals surface area contributed by atoms with Crippen molar-refractivity contribution < 1.29 is 0 Å². The average Bonchev–Trinajstić information content (AvgIpc) is 2.38. The quantitative estimate of drug-likeness (QED) is 0.819. The van der Waals surface area contributed by atoms with Crippen LogP contribution in [-0.2, 0) is 0 Å². The Bertz CT molecular complexity index is 679. The fourth-order valence-electron chi connectivity index (χ4n) is 1.61. The Morgan fingerprint density at radius 1 is 1.30 bits per heavy atom. The minimum atomic E-state index is 0.211. The predicted molar refractivity (Wildman–Crippen MR) is 83.3 cm³/mol. The largest absolute Gasteiger partial charge is 0.339 e. The molecule has 102 valence electrons. The molecule has 0 amide bonds. The van der Waals surface area contributed by atoms with Gasteiger partial charge in [0.25, 0.3) is 0 Å². The SMILES string of the molecule is CC(C)c1nc(Br)cc(Nc2cc(Cl)ccc2C#N)n1. The van der Waals surface area contributed by atoms with E-state index >= 15 is 0 Å². The van der Waals surface area contributed by atoms with E-state index in [9.17, 15) is 0 Å². The fraction of sp³-hybridized carbons (Fsp3) is 0.214. The van der Waals surface area contributed by atoms with E-state index < -0.39 is 0 Å². The van der Waals surface area contributed by atoms with Crippen molar-refractivity contribution in [1.82, 2.24) is 9.97 Å². The number of anilines is 2. The molecule has 1 aromatic heterocycles. The van der Waals surface area contributed by atoms with E-state index in [0.29, 0.717) is 26.7 Å². The molecule has 1 aromatic carbocycles. The number of nitriles is 1. The molecule has 0 saturated carbocycles.